The van der Waals surface area contributed by atoms with Gasteiger partial charge in [0.2, 0.25) is 5.28 Å². The molecule has 1 aromatic heterocycles. The zero-order chi connectivity index (χ0) is 11.1. The second-order valence-corrected chi connectivity index (χ2v) is 5.12. The van der Waals surface area contributed by atoms with Crippen LogP contribution in [0.5, 0.6) is 0 Å². The number of anilines is 1. The van der Waals surface area contributed by atoms with E-state index in [1.807, 2.05) is 0 Å². The number of halogens is 2. The number of aromatic nitrogens is 2. The van der Waals surface area contributed by atoms with E-state index in [-0.39, 0.29) is 10.8 Å². The van der Waals surface area contributed by atoms with E-state index in [0.717, 1.165) is 25.2 Å². The van der Waals surface area contributed by atoms with Crippen LogP contribution in [0.3, 0.4) is 0 Å². The second-order valence-electron chi connectivity index (χ2n) is 4.38. The first-order valence-electron chi connectivity index (χ1n) is 4.96. The number of hydrogen-bond acceptors (Lipinski definition) is 3. The Kier molecular flexibility index (Phi) is 2.77. The van der Waals surface area contributed by atoms with Crippen molar-refractivity contribution < 1.29 is 0 Å². The molecule has 82 valence electrons. The molecule has 3 nitrogen and oxygen atoms in total. The van der Waals surface area contributed by atoms with Crippen molar-refractivity contribution in [2.24, 2.45) is 0 Å². The minimum Gasteiger partial charge on any atom is -0.350 e. The highest BCUT2D eigenvalue weighted by Gasteiger charge is 2.34. The largest absolute Gasteiger partial charge is 0.350 e. The maximum absolute atomic E-state index is 6.08. The fourth-order valence-corrected chi connectivity index (χ4v) is 2.35. The Morgan fingerprint density at radius 2 is 2.13 bits per heavy atom. The van der Waals surface area contributed by atoms with Gasteiger partial charge in [0.05, 0.1) is 6.20 Å². The molecule has 1 aliphatic rings. The average molecular weight is 246 g/mol. The van der Waals surface area contributed by atoms with Crippen LogP contribution in [0.15, 0.2) is 6.20 Å². The molecule has 5 heteroatoms. The lowest BCUT2D eigenvalue weighted by molar-refractivity contribution is 0.514. The van der Waals surface area contributed by atoms with Gasteiger partial charge in [-0.05, 0) is 38.3 Å². The van der Waals surface area contributed by atoms with Crippen molar-refractivity contribution in [2.75, 3.05) is 11.4 Å². The minimum absolute atomic E-state index is 0.0985. The molecule has 0 aliphatic carbocycles. The van der Waals surface area contributed by atoms with Gasteiger partial charge in [-0.25, -0.2) is 4.98 Å². The summed E-state index contributed by atoms with van der Waals surface area (Å²) in [5, 5.41) is 0.812. The summed E-state index contributed by atoms with van der Waals surface area (Å²) >= 11 is 11.9. The van der Waals surface area contributed by atoms with Crippen LogP contribution in [-0.4, -0.2) is 22.1 Å². The molecule has 15 heavy (non-hydrogen) atoms. The maximum Gasteiger partial charge on any atom is 0.224 e. The molecule has 1 aliphatic heterocycles. The molecule has 0 saturated carbocycles. The van der Waals surface area contributed by atoms with E-state index in [4.69, 9.17) is 23.2 Å². The summed E-state index contributed by atoms with van der Waals surface area (Å²) in [5.41, 5.74) is 0.0985. The zero-order valence-corrected chi connectivity index (χ0v) is 10.3. The molecule has 0 amide bonds. The van der Waals surface area contributed by atoms with Gasteiger partial charge in [0.1, 0.15) is 5.02 Å². The lowest BCUT2D eigenvalue weighted by atomic mass is 10.0. The Morgan fingerprint density at radius 3 is 2.73 bits per heavy atom. The third-order valence-corrected chi connectivity index (χ3v) is 3.30. The summed E-state index contributed by atoms with van der Waals surface area (Å²) in [6, 6.07) is 0. The van der Waals surface area contributed by atoms with Gasteiger partial charge in [-0.15, -0.1) is 0 Å². The summed E-state index contributed by atoms with van der Waals surface area (Å²) in [4.78, 5) is 10.3. The van der Waals surface area contributed by atoms with Gasteiger partial charge >= 0.3 is 0 Å². The SMILES string of the molecule is CC1(C)CCCN1c1nc(Cl)ncc1Cl. The number of rotatable bonds is 1. The molecule has 1 saturated heterocycles. The lowest BCUT2D eigenvalue weighted by Crippen LogP contribution is -2.38. The molecule has 1 fully saturated rings. The predicted octanol–water partition coefficient (Wildman–Crippen LogP) is 3.16. The normalized spacial score (nSPS) is 19.6. The standard InChI is InChI=1S/C10H13Cl2N3/c1-10(2)4-3-5-15(10)8-7(11)6-13-9(12)14-8/h6H,3-5H2,1-2H3. The van der Waals surface area contributed by atoms with Crippen molar-refractivity contribution >= 4 is 29.0 Å². The van der Waals surface area contributed by atoms with Crippen LogP contribution in [0.25, 0.3) is 0 Å². The van der Waals surface area contributed by atoms with Crippen LogP contribution < -0.4 is 4.90 Å². The third-order valence-electron chi connectivity index (χ3n) is 2.85. The predicted molar refractivity (Wildman–Crippen MR) is 62.7 cm³/mol. The van der Waals surface area contributed by atoms with Crippen molar-refractivity contribution in [1.29, 1.82) is 0 Å². The molecule has 2 heterocycles. The Morgan fingerprint density at radius 1 is 1.40 bits per heavy atom. The highest BCUT2D eigenvalue weighted by Crippen LogP contribution is 2.36. The maximum atomic E-state index is 6.08. The third kappa shape index (κ3) is 2.04. The first-order valence-corrected chi connectivity index (χ1v) is 5.72. The average Bonchev–Trinajstić information content (AvgIpc) is 2.50. The summed E-state index contributed by atoms with van der Waals surface area (Å²) in [7, 11) is 0. The Hall–Kier alpha value is -0.540. The summed E-state index contributed by atoms with van der Waals surface area (Å²) in [6.45, 7) is 5.35. The van der Waals surface area contributed by atoms with Gasteiger partial charge in [-0.1, -0.05) is 11.6 Å². The van der Waals surface area contributed by atoms with Crippen LogP contribution >= 0.6 is 23.2 Å². The molecule has 0 unspecified atom stereocenters. The van der Waals surface area contributed by atoms with Gasteiger partial charge in [0.25, 0.3) is 0 Å². The molecule has 0 bridgehead atoms. The highest BCUT2D eigenvalue weighted by atomic mass is 35.5. The summed E-state index contributed by atoms with van der Waals surface area (Å²) in [6.07, 6.45) is 3.86. The molecule has 0 spiro atoms. The molecule has 0 radical (unpaired) electrons. The van der Waals surface area contributed by atoms with Crippen molar-refractivity contribution in [2.45, 2.75) is 32.2 Å². The summed E-state index contributed by atoms with van der Waals surface area (Å²) in [5.74, 6) is 0.749. The summed E-state index contributed by atoms with van der Waals surface area (Å²) < 4.78 is 0. The Labute approximate surface area is 99.4 Å². The van der Waals surface area contributed by atoms with Gasteiger partial charge in [0, 0.05) is 12.1 Å². The van der Waals surface area contributed by atoms with Crippen molar-refractivity contribution in [1.82, 2.24) is 9.97 Å². The quantitative estimate of drug-likeness (QED) is 0.712. The van der Waals surface area contributed by atoms with E-state index in [2.05, 4.69) is 28.7 Å². The van der Waals surface area contributed by atoms with Gasteiger partial charge in [0.15, 0.2) is 5.82 Å². The first kappa shape index (κ1) is 11.0. The van der Waals surface area contributed by atoms with Crippen LogP contribution in [0, 0.1) is 0 Å². The fraction of sp³-hybridized carbons (Fsp3) is 0.600. The van der Waals surface area contributed by atoms with E-state index in [1.54, 1.807) is 6.20 Å². The lowest BCUT2D eigenvalue weighted by Gasteiger charge is -2.33. The van der Waals surface area contributed by atoms with E-state index >= 15 is 0 Å². The fourth-order valence-electron chi connectivity index (χ4n) is 2.03. The van der Waals surface area contributed by atoms with E-state index in [0.29, 0.717) is 5.02 Å². The number of nitrogens with zero attached hydrogens (tertiary/aromatic N) is 3. The Balaban J connectivity index is 2.40. The smallest absolute Gasteiger partial charge is 0.224 e. The molecular formula is C10H13Cl2N3. The van der Waals surface area contributed by atoms with Crippen LogP contribution in [0.1, 0.15) is 26.7 Å². The molecule has 0 N–H and O–H groups in total. The van der Waals surface area contributed by atoms with Crippen molar-refractivity contribution in [3.63, 3.8) is 0 Å². The van der Waals surface area contributed by atoms with Crippen LogP contribution in [0.4, 0.5) is 5.82 Å². The van der Waals surface area contributed by atoms with Crippen molar-refractivity contribution in [3.8, 4) is 0 Å². The number of hydrogen-bond donors (Lipinski definition) is 0. The molecular weight excluding hydrogens is 233 g/mol. The second kappa shape index (κ2) is 3.80. The molecule has 0 aromatic carbocycles. The zero-order valence-electron chi connectivity index (χ0n) is 8.80. The van der Waals surface area contributed by atoms with Crippen LogP contribution in [0.2, 0.25) is 10.3 Å². The molecule has 2 rings (SSSR count). The van der Waals surface area contributed by atoms with Crippen molar-refractivity contribution in [3.05, 3.63) is 16.5 Å². The topological polar surface area (TPSA) is 29.0 Å². The van der Waals surface area contributed by atoms with Gasteiger partial charge in [-0.3, -0.25) is 0 Å². The molecule has 0 atom stereocenters. The van der Waals surface area contributed by atoms with Crippen LogP contribution in [-0.2, 0) is 0 Å². The minimum atomic E-state index is 0.0985. The monoisotopic (exact) mass is 245 g/mol. The van der Waals surface area contributed by atoms with E-state index in [9.17, 15) is 0 Å². The van der Waals surface area contributed by atoms with E-state index in [1.165, 1.54) is 0 Å². The van der Waals surface area contributed by atoms with Gasteiger partial charge in [-0.2, -0.15) is 4.98 Å². The highest BCUT2D eigenvalue weighted by molar-refractivity contribution is 6.33. The van der Waals surface area contributed by atoms with E-state index < -0.39 is 0 Å². The first-order chi connectivity index (χ1) is 7.00. The molecule has 1 aromatic rings. The Bertz CT molecular complexity index is 379. The van der Waals surface area contributed by atoms with Gasteiger partial charge < -0.3 is 4.90 Å².